The molecule has 0 radical (unpaired) electrons. The van der Waals surface area contributed by atoms with E-state index in [1.54, 1.807) is 6.20 Å². The monoisotopic (exact) mass is 300 g/mol. The van der Waals surface area contributed by atoms with E-state index >= 15 is 0 Å². The summed E-state index contributed by atoms with van der Waals surface area (Å²) in [6, 6.07) is 14.1. The van der Waals surface area contributed by atoms with Crippen LogP contribution in [0.5, 0.6) is 0 Å². The molecule has 0 saturated carbocycles. The van der Waals surface area contributed by atoms with Gasteiger partial charge in [0.15, 0.2) is 5.11 Å². The Morgan fingerprint density at radius 3 is 2.57 bits per heavy atom. The highest BCUT2D eigenvalue weighted by atomic mass is 32.1. The van der Waals surface area contributed by atoms with Gasteiger partial charge in [0.05, 0.1) is 0 Å². The summed E-state index contributed by atoms with van der Waals surface area (Å²) in [5, 5.41) is 10.2. The van der Waals surface area contributed by atoms with Crippen LogP contribution in [0.4, 0.5) is 11.5 Å². The quantitative estimate of drug-likeness (QED) is 0.565. The van der Waals surface area contributed by atoms with Gasteiger partial charge >= 0.3 is 0 Å². The summed E-state index contributed by atoms with van der Waals surface area (Å²) in [5.41, 5.74) is 2.32. The van der Waals surface area contributed by atoms with Gasteiger partial charge in [-0.3, -0.25) is 0 Å². The third kappa shape index (κ3) is 5.39. The number of rotatable bonds is 6. The number of pyridine rings is 1. The van der Waals surface area contributed by atoms with Gasteiger partial charge in [-0.25, -0.2) is 4.98 Å². The van der Waals surface area contributed by atoms with Gasteiger partial charge in [0.2, 0.25) is 0 Å². The second-order valence-corrected chi connectivity index (χ2v) is 4.98. The Morgan fingerprint density at radius 2 is 1.90 bits per heavy atom. The molecule has 0 unspecified atom stereocenters. The number of hydrogen-bond acceptors (Lipinski definition) is 3. The molecule has 110 valence electrons. The van der Waals surface area contributed by atoms with Crippen LogP contribution in [0, 0.1) is 0 Å². The average molecular weight is 300 g/mol. The topological polar surface area (TPSA) is 49.0 Å². The zero-order valence-corrected chi connectivity index (χ0v) is 12.9. The van der Waals surface area contributed by atoms with Gasteiger partial charge in [0.25, 0.3) is 0 Å². The summed E-state index contributed by atoms with van der Waals surface area (Å²) in [4.78, 5) is 4.19. The molecule has 0 fully saturated rings. The molecule has 1 aromatic carbocycles. The predicted octanol–water partition coefficient (Wildman–Crippen LogP) is 3.04. The standard InChI is InChI=1S/C16H20N4S/c1-2-13-6-8-14(9-7-13)20-16(21)19-12-11-18-15-5-3-4-10-17-15/h3-10H,2,11-12H2,1H3,(H,17,18)(H2,19,20,21). The summed E-state index contributed by atoms with van der Waals surface area (Å²) in [6.45, 7) is 3.63. The number of anilines is 2. The van der Waals surface area contributed by atoms with E-state index in [9.17, 15) is 0 Å². The Balaban J connectivity index is 1.67. The fourth-order valence-corrected chi connectivity index (χ4v) is 2.05. The highest BCUT2D eigenvalue weighted by molar-refractivity contribution is 7.80. The molecule has 2 rings (SSSR count). The molecule has 0 aliphatic heterocycles. The van der Waals surface area contributed by atoms with Gasteiger partial charge in [0, 0.05) is 25.0 Å². The lowest BCUT2D eigenvalue weighted by atomic mass is 10.1. The molecule has 0 bridgehead atoms. The largest absolute Gasteiger partial charge is 0.368 e. The number of hydrogen-bond donors (Lipinski definition) is 3. The first-order chi connectivity index (χ1) is 10.3. The number of nitrogens with zero attached hydrogens (tertiary/aromatic N) is 1. The minimum atomic E-state index is 0.627. The molecule has 5 heteroatoms. The molecule has 1 heterocycles. The number of benzene rings is 1. The smallest absolute Gasteiger partial charge is 0.170 e. The molecule has 2 aromatic rings. The minimum Gasteiger partial charge on any atom is -0.368 e. The lowest BCUT2D eigenvalue weighted by molar-refractivity contribution is 0.910. The van der Waals surface area contributed by atoms with Crippen molar-refractivity contribution in [3.8, 4) is 0 Å². The lowest BCUT2D eigenvalue weighted by Gasteiger charge is -2.11. The summed E-state index contributed by atoms with van der Waals surface area (Å²) >= 11 is 5.26. The van der Waals surface area contributed by atoms with E-state index in [2.05, 4.69) is 40.0 Å². The van der Waals surface area contributed by atoms with Crippen molar-refractivity contribution in [2.75, 3.05) is 23.7 Å². The van der Waals surface area contributed by atoms with Crippen molar-refractivity contribution in [1.82, 2.24) is 10.3 Å². The van der Waals surface area contributed by atoms with Crippen molar-refractivity contribution < 1.29 is 0 Å². The van der Waals surface area contributed by atoms with Crippen LogP contribution in [0.25, 0.3) is 0 Å². The Kier molecular flexibility index (Phi) is 5.97. The van der Waals surface area contributed by atoms with E-state index in [0.29, 0.717) is 5.11 Å². The fraction of sp³-hybridized carbons (Fsp3) is 0.250. The highest BCUT2D eigenvalue weighted by Crippen LogP contribution is 2.09. The van der Waals surface area contributed by atoms with E-state index in [0.717, 1.165) is 31.0 Å². The van der Waals surface area contributed by atoms with Crippen molar-refractivity contribution in [2.24, 2.45) is 0 Å². The maximum atomic E-state index is 5.26. The number of nitrogens with one attached hydrogen (secondary N) is 3. The number of thiocarbonyl (C=S) groups is 1. The van der Waals surface area contributed by atoms with E-state index in [1.807, 2.05) is 30.3 Å². The summed E-state index contributed by atoms with van der Waals surface area (Å²) in [5.74, 6) is 0.869. The average Bonchev–Trinajstić information content (AvgIpc) is 2.53. The van der Waals surface area contributed by atoms with Crippen molar-refractivity contribution >= 4 is 28.8 Å². The lowest BCUT2D eigenvalue weighted by Crippen LogP contribution is -2.32. The van der Waals surface area contributed by atoms with Crippen LogP contribution in [0.2, 0.25) is 0 Å². The molecule has 0 atom stereocenters. The zero-order valence-electron chi connectivity index (χ0n) is 12.1. The van der Waals surface area contributed by atoms with E-state index in [1.165, 1.54) is 5.56 Å². The third-order valence-corrected chi connectivity index (χ3v) is 3.25. The van der Waals surface area contributed by atoms with Gasteiger partial charge in [-0.15, -0.1) is 0 Å². The van der Waals surface area contributed by atoms with Crippen LogP contribution in [0.15, 0.2) is 48.7 Å². The molecular formula is C16H20N4S. The molecule has 4 nitrogen and oxygen atoms in total. The predicted molar refractivity (Wildman–Crippen MR) is 92.8 cm³/mol. The molecule has 21 heavy (non-hydrogen) atoms. The molecule has 3 N–H and O–H groups in total. The molecule has 0 aliphatic rings. The van der Waals surface area contributed by atoms with Gasteiger partial charge in [-0.2, -0.15) is 0 Å². The second kappa shape index (κ2) is 8.21. The van der Waals surface area contributed by atoms with Crippen molar-refractivity contribution in [3.63, 3.8) is 0 Å². The normalized spacial score (nSPS) is 9.95. The first-order valence-electron chi connectivity index (χ1n) is 7.06. The minimum absolute atomic E-state index is 0.627. The number of aryl methyl sites for hydroxylation is 1. The maximum Gasteiger partial charge on any atom is 0.170 e. The molecule has 0 saturated heterocycles. The first-order valence-corrected chi connectivity index (χ1v) is 7.47. The molecule has 1 aromatic heterocycles. The Morgan fingerprint density at radius 1 is 1.10 bits per heavy atom. The molecule has 0 aliphatic carbocycles. The molecular weight excluding hydrogens is 280 g/mol. The zero-order chi connectivity index (χ0) is 14.9. The van der Waals surface area contributed by atoms with Gasteiger partial charge in [0.1, 0.15) is 5.82 Å². The Bertz CT molecular complexity index is 554. The summed E-state index contributed by atoms with van der Waals surface area (Å²) in [7, 11) is 0. The van der Waals surface area contributed by atoms with Crippen LogP contribution in [-0.2, 0) is 6.42 Å². The molecule has 0 spiro atoms. The van der Waals surface area contributed by atoms with E-state index in [-0.39, 0.29) is 0 Å². The summed E-state index contributed by atoms with van der Waals surface area (Å²) in [6.07, 6.45) is 2.81. The Labute approximate surface area is 131 Å². The molecule has 0 amide bonds. The number of aromatic nitrogens is 1. The van der Waals surface area contributed by atoms with Crippen molar-refractivity contribution in [1.29, 1.82) is 0 Å². The van der Waals surface area contributed by atoms with E-state index in [4.69, 9.17) is 12.2 Å². The van der Waals surface area contributed by atoms with Crippen LogP contribution in [-0.4, -0.2) is 23.2 Å². The third-order valence-electron chi connectivity index (χ3n) is 3.00. The van der Waals surface area contributed by atoms with Gasteiger partial charge < -0.3 is 16.0 Å². The van der Waals surface area contributed by atoms with Crippen LogP contribution in [0.1, 0.15) is 12.5 Å². The SMILES string of the molecule is CCc1ccc(NC(=S)NCCNc2ccccn2)cc1. The van der Waals surface area contributed by atoms with Crippen LogP contribution < -0.4 is 16.0 Å². The van der Waals surface area contributed by atoms with Gasteiger partial charge in [-0.05, 0) is 48.5 Å². The Hall–Kier alpha value is -2.14. The van der Waals surface area contributed by atoms with E-state index < -0.39 is 0 Å². The second-order valence-electron chi connectivity index (χ2n) is 4.57. The summed E-state index contributed by atoms with van der Waals surface area (Å²) < 4.78 is 0. The van der Waals surface area contributed by atoms with Crippen LogP contribution in [0.3, 0.4) is 0 Å². The van der Waals surface area contributed by atoms with Gasteiger partial charge in [-0.1, -0.05) is 25.1 Å². The highest BCUT2D eigenvalue weighted by Gasteiger charge is 1.97. The van der Waals surface area contributed by atoms with Crippen molar-refractivity contribution in [2.45, 2.75) is 13.3 Å². The first kappa shape index (κ1) is 15.3. The van der Waals surface area contributed by atoms with Crippen LogP contribution >= 0.6 is 12.2 Å². The van der Waals surface area contributed by atoms with Crippen molar-refractivity contribution in [3.05, 3.63) is 54.2 Å². The maximum absolute atomic E-state index is 5.26. The fourth-order valence-electron chi connectivity index (χ4n) is 1.83.